The third-order valence-corrected chi connectivity index (χ3v) is 5.72. The van der Waals surface area contributed by atoms with Crippen molar-refractivity contribution in [3.8, 4) is 24.0 Å². The molecule has 0 spiro atoms. The highest BCUT2D eigenvalue weighted by atomic mass is 16.7. The molecule has 2 aliphatic heterocycles. The highest BCUT2D eigenvalue weighted by molar-refractivity contribution is 5.89. The molecule has 0 saturated carbocycles. The molecule has 2 heterocycles. The Morgan fingerprint density at radius 3 is 2.23 bits per heavy atom. The molecule has 0 unspecified atom stereocenters. The monoisotopic (exact) mass is 350 g/mol. The van der Waals surface area contributed by atoms with Crippen molar-refractivity contribution in [3.63, 3.8) is 0 Å². The number of fused-ring (bicyclic) bond motifs is 2. The van der Waals surface area contributed by atoms with Gasteiger partial charge < -0.3 is 14.2 Å². The zero-order valence-corrected chi connectivity index (χ0v) is 14.7. The minimum Gasteiger partial charge on any atom is -0.497 e. The summed E-state index contributed by atoms with van der Waals surface area (Å²) in [5.74, 6) is -1.64. The predicted molar refractivity (Wildman–Crippen MR) is 89.5 cm³/mol. The second-order valence-corrected chi connectivity index (χ2v) is 6.54. The van der Waals surface area contributed by atoms with Crippen molar-refractivity contribution in [2.24, 2.45) is 16.7 Å². The first kappa shape index (κ1) is 17.7. The maximum absolute atomic E-state index is 10.0. The SMILES string of the molecule is CC[C@]12OC(=N)[C@@](C#N)([C@@H]1C)C(C#N)(C#N)[C@@H](c1ccc(OC)cc1)O2. The number of nitrogens with zero attached hydrogens (tertiary/aromatic N) is 3. The van der Waals surface area contributed by atoms with Gasteiger partial charge in [-0.3, -0.25) is 5.41 Å². The first-order valence-electron chi connectivity index (χ1n) is 8.25. The van der Waals surface area contributed by atoms with Crippen LogP contribution in [0.5, 0.6) is 5.75 Å². The molecule has 1 aromatic carbocycles. The number of nitrogens with one attached hydrogen (secondary N) is 1. The summed E-state index contributed by atoms with van der Waals surface area (Å²) in [6.45, 7) is 3.52. The lowest BCUT2D eigenvalue weighted by Gasteiger charge is -2.48. The fraction of sp³-hybridized carbons (Fsp3) is 0.474. The number of methoxy groups -OCH3 is 1. The van der Waals surface area contributed by atoms with E-state index in [-0.39, 0.29) is 5.90 Å². The van der Waals surface area contributed by atoms with Crippen LogP contribution in [0.25, 0.3) is 0 Å². The number of ether oxygens (including phenoxy) is 3. The quantitative estimate of drug-likeness (QED) is 0.893. The zero-order chi connectivity index (χ0) is 19.2. The van der Waals surface area contributed by atoms with Gasteiger partial charge >= 0.3 is 0 Å². The maximum atomic E-state index is 10.0. The van der Waals surface area contributed by atoms with Crippen LogP contribution in [-0.2, 0) is 9.47 Å². The molecular formula is C19H18N4O3. The minimum atomic E-state index is -1.91. The molecular weight excluding hydrogens is 332 g/mol. The fourth-order valence-corrected chi connectivity index (χ4v) is 4.12. The van der Waals surface area contributed by atoms with Crippen molar-refractivity contribution in [3.05, 3.63) is 29.8 Å². The van der Waals surface area contributed by atoms with Gasteiger partial charge in [0.05, 0.1) is 31.2 Å². The molecule has 26 heavy (non-hydrogen) atoms. The van der Waals surface area contributed by atoms with E-state index < -0.39 is 28.6 Å². The molecule has 0 radical (unpaired) electrons. The summed E-state index contributed by atoms with van der Waals surface area (Å²) in [5.41, 5.74) is -3.08. The molecule has 7 heteroatoms. The van der Waals surface area contributed by atoms with Crippen LogP contribution < -0.4 is 4.74 Å². The molecule has 2 fully saturated rings. The van der Waals surface area contributed by atoms with E-state index >= 15 is 0 Å². The van der Waals surface area contributed by atoms with Crippen molar-refractivity contribution in [1.82, 2.24) is 0 Å². The van der Waals surface area contributed by atoms with Gasteiger partial charge in [0.2, 0.25) is 17.1 Å². The standard InChI is InChI=1S/C19H18N4O3/c1-4-19-12(2)18(11-22,16(23)26-19)17(9-20,10-21)15(25-19)13-5-7-14(24-3)8-6-13/h5-8,12,15,23H,4H2,1-3H3/t12-,15+,18+,19-/m0/s1. The van der Waals surface area contributed by atoms with Gasteiger partial charge in [0.25, 0.3) is 0 Å². The molecule has 4 atom stereocenters. The third-order valence-electron chi connectivity index (χ3n) is 5.72. The van der Waals surface area contributed by atoms with Crippen LogP contribution in [0.15, 0.2) is 24.3 Å². The number of rotatable bonds is 3. The molecule has 1 aromatic rings. The van der Waals surface area contributed by atoms with Crippen molar-refractivity contribution in [1.29, 1.82) is 21.2 Å². The Hall–Kier alpha value is -3.08. The lowest BCUT2D eigenvalue weighted by molar-refractivity contribution is -0.280. The minimum absolute atomic E-state index is 0.375. The van der Waals surface area contributed by atoms with E-state index in [1.807, 2.05) is 19.1 Å². The second kappa shape index (κ2) is 5.73. The Labute approximate surface area is 151 Å². The van der Waals surface area contributed by atoms with Crippen molar-refractivity contribution in [2.75, 3.05) is 7.11 Å². The molecule has 2 bridgehead atoms. The molecule has 2 saturated heterocycles. The molecule has 0 aromatic heterocycles. The van der Waals surface area contributed by atoms with Gasteiger partial charge in [-0.15, -0.1) is 0 Å². The van der Waals surface area contributed by atoms with Crippen LogP contribution in [0.1, 0.15) is 31.9 Å². The normalized spacial score (nSPS) is 34.1. The Bertz CT molecular complexity index is 862. The topological polar surface area (TPSA) is 123 Å². The van der Waals surface area contributed by atoms with Crippen molar-refractivity contribution >= 4 is 5.90 Å². The number of hydrogen-bond acceptors (Lipinski definition) is 7. The van der Waals surface area contributed by atoms with Crippen LogP contribution in [0.3, 0.4) is 0 Å². The van der Waals surface area contributed by atoms with Gasteiger partial charge in [0, 0.05) is 6.42 Å². The Balaban J connectivity index is 2.28. The molecule has 1 N–H and O–H groups in total. The first-order chi connectivity index (χ1) is 12.4. The zero-order valence-electron chi connectivity index (χ0n) is 14.7. The molecule has 7 nitrogen and oxygen atoms in total. The number of benzene rings is 1. The summed E-state index contributed by atoms with van der Waals surface area (Å²) < 4.78 is 17.0. The van der Waals surface area contributed by atoms with E-state index in [1.165, 1.54) is 7.11 Å². The van der Waals surface area contributed by atoms with E-state index in [4.69, 9.17) is 19.6 Å². The van der Waals surface area contributed by atoms with Crippen LogP contribution in [0.2, 0.25) is 0 Å². The highest BCUT2D eigenvalue weighted by Gasteiger charge is 2.78. The summed E-state index contributed by atoms with van der Waals surface area (Å²) >= 11 is 0. The lowest BCUT2D eigenvalue weighted by Crippen LogP contribution is -2.58. The van der Waals surface area contributed by atoms with E-state index in [0.717, 1.165) is 0 Å². The Kier molecular flexibility index (Phi) is 3.91. The summed E-state index contributed by atoms with van der Waals surface area (Å²) in [6, 6.07) is 12.9. The predicted octanol–water partition coefficient (Wildman–Crippen LogP) is 3.06. The van der Waals surface area contributed by atoms with Gasteiger partial charge in [0.15, 0.2) is 5.41 Å². The van der Waals surface area contributed by atoms with E-state index in [2.05, 4.69) is 6.07 Å². The summed E-state index contributed by atoms with van der Waals surface area (Å²) in [5, 5.41) is 38.3. The average molecular weight is 350 g/mol. The van der Waals surface area contributed by atoms with E-state index in [0.29, 0.717) is 17.7 Å². The summed E-state index contributed by atoms with van der Waals surface area (Å²) in [4.78, 5) is 0. The highest BCUT2D eigenvalue weighted by Crippen LogP contribution is 2.66. The van der Waals surface area contributed by atoms with Crippen LogP contribution >= 0.6 is 0 Å². The average Bonchev–Trinajstić information content (AvgIpc) is 2.84. The molecule has 3 rings (SSSR count). The van der Waals surface area contributed by atoms with Crippen LogP contribution in [-0.4, -0.2) is 18.8 Å². The number of hydrogen-bond donors (Lipinski definition) is 1. The Morgan fingerprint density at radius 1 is 1.15 bits per heavy atom. The van der Waals surface area contributed by atoms with Crippen molar-refractivity contribution < 1.29 is 14.2 Å². The fourth-order valence-electron chi connectivity index (χ4n) is 4.12. The summed E-state index contributed by atoms with van der Waals surface area (Å²) in [6.07, 6.45) is -0.665. The molecule has 2 aliphatic rings. The van der Waals surface area contributed by atoms with Gasteiger partial charge in [-0.25, -0.2) is 0 Å². The largest absolute Gasteiger partial charge is 0.497 e. The van der Waals surface area contributed by atoms with E-state index in [1.54, 1.807) is 31.2 Å². The van der Waals surface area contributed by atoms with Gasteiger partial charge in [-0.1, -0.05) is 26.0 Å². The van der Waals surface area contributed by atoms with E-state index in [9.17, 15) is 15.8 Å². The van der Waals surface area contributed by atoms with Crippen LogP contribution in [0.4, 0.5) is 0 Å². The first-order valence-corrected chi connectivity index (χ1v) is 8.25. The molecule has 0 aliphatic carbocycles. The van der Waals surface area contributed by atoms with Crippen molar-refractivity contribution in [2.45, 2.75) is 32.2 Å². The van der Waals surface area contributed by atoms with Gasteiger partial charge in [0.1, 0.15) is 11.9 Å². The lowest BCUT2D eigenvalue weighted by atomic mass is 9.53. The smallest absolute Gasteiger partial charge is 0.217 e. The molecule has 132 valence electrons. The summed E-state index contributed by atoms with van der Waals surface area (Å²) in [7, 11) is 1.54. The second-order valence-electron chi connectivity index (χ2n) is 6.54. The number of nitriles is 3. The van der Waals surface area contributed by atoms with Gasteiger partial charge in [-0.05, 0) is 17.7 Å². The molecule has 0 amide bonds. The third kappa shape index (κ3) is 1.80. The maximum Gasteiger partial charge on any atom is 0.217 e. The van der Waals surface area contributed by atoms with Crippen LogP contribution in [0, 0.1) is 56.2 Å². The Morgan fingerprint density at radius 2 is 1.77 bits per heavy atom. The van der Waals surface area contributed by atoms with Gasteiger partial charge in [-0.2, -0.15) is 15.8 Å².